The Morgan fingerprint density at radius 1 is 0.513 bits per heavy atom. The van der Waals surface area contributed by atoms with Crippen molar-refractivity contribution in [3.8, 4) is 28.0 Å². The number of carbonyl (C=O) groups is 1. The van der Waals surface area contributed by atoms with E-state index in [2.05, 4.69) is 42.5 Å². The van der Waals surface area contributed by atoms with Crippen molar-refractivity contribution in [2.45, 2.75) is 13.2 Å². The molecule has 0 aromatic heterocycles. The number of ether oxygens (including phenoxy) is 3. The van der Waals surface area contributed by atoms with Gasteiger partial charge in [-0.05, 0) is 63.7 Å². The summed E-state index contributed by atoms with van der Waals surface area (Å²) in [5.41, 5.74) is 7.08. The molecule has 39 heavy (non-hydrogen) atoms. The molecule has 0 saturated carbocycles. The van der Waals surface area contributed by atoms with Crippen LogP contribution < -0.4 is 4.74 Å². The van der Waals surface area contributed by atoms with Crippen molar-refractivity contribution in [3.63, 3.8) is 0 Å². The van der Waals surface area contributed by atoms with E-state index >= 15 is 0 Å². The number of hydrogen-bond acceptors (Lipinski definition) is 4. The van der Waals surface area contributed by atoms with Gasteiger partial charge in [0.25, 0.3) is 0 Å². The third-order valence-electron chi connectivity index (χ3n) is 6.32. The van der Waals surface area contributed by atoms with Gasteiger partial charge in [0.05, 0.1) is 18.8 Å². The molecular formula is C35H30O4. The Morgan fingerprint density at radius 3 is 1.69 bits per heavy atom. The van der Waals surface area contributed by atoms with Crippen LogP contribution in [0.1, 0.15) is 21.5 Å². The predicted molar refractivity (Wildman–Crippen MR) is 154 cm³/mol. The lowest BCUT2D eigenvalue weighted by Gasteiger charge is -2.10. The second kappa shape index (κ2) is 13.2. The summed E-state index contributed by atoms with van der Waals surface area (Å²) in [6.07, 6.45) is 0. The second-order valence-corrected chi connectivity index (χ2v) is 9.13. The Labute approximate surface area is 229 Å². The van der Waals surface area contributed by atoms with Gasteiger partial charge in [-0.25, -0.2) is 4.79 Å². The van der Waals surface area contributed by atoms with Crippen LogP contribution in [-0.2, 0) is 22.7 Å². The molecule has 0 atom stereocenters. The molecule has 0 bridgehead atoms. The first-order valence-corrected chi connectivity index (χ1v) is 13.0. The van der Waals surface area contributed by atoms with Gasteiger partial charge >= 0.3 is 5.97 Å². The summed E-state index contributed by atoms with van der Waals surface area (Å²) in [6.45, 7) is 1.61. The van der Waals surface area contributed by atoms with Gasteiger partial charge < -0.3 is 14.2 Å². The zero-order valence-electron chi connectivity index (χ0n) is 21.7. The van der Waals surface area contributed by atoms with Crippen molar-refractivity contribution in [3.05, 3.63) is 150 Å². The summed E-state index contributed by atoms with van der Waals surface area (Å²) in [5, 5.41) is 0. The summed E-state index contributed by atoms with van der Waals surface area (Å²) in [4.78, 5) is 12.4. The minimum Gasteiger partial charge on any atom is -0.489 e. The van der Waals surface area contributed by atoms with Gasteiger partial charge in [-0.15, -0.1) is 0 Å². The number of hydrogen-bond donors (Lipinski definition) is 0. The highest BCUT2D eigenvalue weighted by Crippen LogP contribution is 2.28. The maximum absolute atomic E-state index is 12.4. The highest BCUT2D eigenvalue weighted by molar-refractivity contribution is 5.90. The number of benzene rings is 5. The molecule has 194 valence electrons. The summed E-state index contributed by atoms with van der Waals surface area (Å²) < 4.78 is 16.9. The molecule has 0 N–H and O–H groups in total. The SMILES string of the molecule is O=C(OCCOCc1ccccc1)c1ccc(-c2cccc(-c3ccc(OCc4ccccc4)cc3)c2)cc1. The van der Waals surface area contributed by atoms with E-state index in [9.17, 15) is 4.79 Å². The lowest BCUT2D eigenvalue weighted by molar-refractivity contribution is 0.0288. The Bertz CT molecular complexity index is 1460. The highest BCUT2D eigenvalue weighted by Gasteiger charge is 2.08. The van der Waals surface area contributed by atoms with Crippen LogP contribution in [0.2, 0.25) is 0 Å². The van der Waals surface area contributed by atoms with Crippen molar-refractivity contribution in [1.82, 2.24) is 0 Å². The smallest absolute Gasteiger partial charge is 0.338 e. The average Bonchev–Trinajstić information content (AvgIpc) is 3.01. The minimum absolute atomic E-state index is 0.214. The third kappa shape index (κ3) is 7.44. The summed E-state index contributed by atoms with van der Waals surface area (Å²) in [6, 6.07) is 44.0. The summed E-state index contributed by atoms with van der Waals surface area (Å²) >= 11 is 0. The van der Waals surface area contributed by atoms with Crippen LogP contribution in [0.25, 0.3) is 22.3 Å². The van der Waals surface area contributed by atoms with Crippen molar-refractivity contribution in [2.75, 3.05) is 13.2 Å². The fraction of sp³-hybridized carbons (Fsp3) is 0.114. The molecule has 0 heterocycles. The molecule has 4 heteroatoms. The predicted octanol–water partition coefficient (Wildman–Crippen LogP) is 7.97. The van der Waals surface area contributed by atoms with Gasteiger partial charge in [-0.1, -0.05) is 103 Å². The van der Waals surface area contributed by atoms with Crippen LogP contribution in [0.5, 0.6) is 5.75 Å². The van der Waals surface area contributed by atoms with E-state index in [0.29, 0.717) is 25.4 Å². The van der Waals surface area contributed by atoms with E-state index in [0.717, 1.165) is 39.1 Å². The quantitative estimate of drug-likeness (QED) is 0.132. The standard InChI is InChI=1S/C35H30O4/c36-35(38-23-22-37-25-27-8-3-1-4-9-27)31-16-14-29(15-17-31)32-12-7-13-33(24-32)30-18-20-34(21-19-30)39-26-28-10-5-2-6-11-28/h1-21,24H,22-23,25-26H2. The van der Waals surface area contributed by atoms with E-state index in [4.69, 9.17) is 14.2 Å². The highest BCUT2D eigenvalue weighted by atomic mass is 16.6. The maximum atomic E-state index is 12.4. The Hall–Kier alpha value is -4.67. The topological polar surface area (TPSA) is 44.8 Å². The van der Waals surface area contributed by atoms with Gasteiger partial charge in [0.2, 0.25) is 0 Å². The molecule has 0 aliphatic heterocycles. The first kappa shape index (κ1) is 26.0. The lowest BCUT2D eigenvalue weighted by atomic mass is 9.98. The molecule has 5 rings (SSSR count). The largest absolute Gasteiger partial charge is 0.489 e. The van der Waals surface area contributed by atoms with Crippen LogP contribution in [0, 0.1) is 0 Å². The normalized spacial score (nSPS) is 10.7. The van der Waals surface area contributed by atoms with Gasteiger partial charge in [-0.3, -0.25) is 0 Å². The van der Waals surface area contributed by atoms with Gasteiger partial charge in [0, 0.05) is 0 Å². The van der Waals surface area contributed by atoms with E-state index in [1.165, 1.54) is 0 Å². The summed E-state index contributed by atoms with van der Waals surface area (Å²) in [7, 11) is 0. The van der Waals surface area contributed by atoms with Crippen molar-refractivity contribution in [2.24, 2.45) is 0 Å². The molecule has 0 aliphatic carbocycles. The Morgan fingerprint density at radius 2 is 1.08 bits per heavy atom. The van der Waals surface area contributed by atoms with Crippen LogP contribution in [0.4, 0.5) is 0 Å². The lowest BCUT2D eigenvalue weighted by Crippen LogP contribution is -2.10. The van der Waals surface area contributed by atoms with Crippen LogP contribution in [0.15, 0.2) is 133 Å². The number of rotatable bonds is 11. The van der Waals surface area contributed by atoms with Gasteiger partial charge in [0.15, 0.2) is 0 Å². The van der Waals surface area contributed by atoms with E-state index in [-0.39, 0.29) is 12.6 Å². The van der Waals surface area contributed by atoms with Crippen LogP contribution >= 0.6 is 0 Å². The molecule has 0 radical (unpaired) electrons. The van der Waals surface area contributed by atoms with E-state index in [1.807, 2.05) is 78.9 Å². The number of carbonyl (C=O) groups excluding carboxylic acids is 1. The van der Waals surface area contributed by atoms with Crippen molar-refractivity contribution in [1.29, 1.82) is 0 Å². The van der Waals surface area contributed by atoms with Crippen LogP contribution in [-0.4, -0.2) is 19.2 Å². The van der Waals surface area contributed by atoms with Crippen molar-refractivity contribution < 1.29 is 19.0 Å². The molecule has 0 spiro atoms. The summed E-state index contributed by atoms with van der Waals surface area (Å²) in [5.74, 6) is 0.483. The average molecular weight is 515 g/mol. The fourth-order valence-corrected chi connectivity index (χ4v) is 4.20. The molecule has 5 aromatic carbocycles. The molecule has 0 unspecified atom stereocenters. The minimum atomic E-state index is -0.354. The number of esters is 1. The maximum Gasteiger partial charge on any atom is 0.338 e. The molecular weight excluding hydrogens is 484 g/mol. The monoisotopic (exact) mass is 514 g/mol. The fourth-order valence-electron chi connectivity index (χ4n) is 4.20. The molecule has 4 nitrogen and oxygen atoms in total. The molecule has 0 saturated heterocycles. The first-order chi connectivity index (χ1) is 19.2. The Kier molecular flexibility index (Phi) is 8.80. The first-order valence-electron chi connectivity index (χ1n) is 13.0. The molecule has 0 fully saturated rings. The van der Waals surface area contributed by atoms with Crippen molar-refractivity contribution >= 4 is 5.97 Å². The van der Waals surface area contributed by atoms with Crippen LogP contribution in [0.3, 0.4) is 0 Å². The van der Waals surface area contributed by atoms with E-state index < -0.39 is 0 Å². The third-order valence-corrected chi connectivity index (χ3v) is 6.32. The Balaban J connectivity index is 1.14. The molecule has 0 aliphatic rings. The molecule has 0 amide bonds. The molecule has 5 aromatic rings. The van der Waals surface area contributed by atoms with E-state index in [1.54, 1.807) is 12.1 Å². The van der Waals surface area contributed by atoms with Gasteiger partial charge in [-0.2, -0.15) is 0 Å². The zero-order chi connectivity index (χ0) is 26.7. The van der Waals surface area contributed by atoms with Gasteiger partial charge in [0.1, 0.15) is 19.0 Å². The second-order valence-electron chi connectivity index (χ2n) is 9.13. The zero-order valence-corrected chi connectivity index (χ0v) is 21.7.